The number of nitrogens with two attached hydrogens (primary N) is 4. The van der Waals surface area contributed by atoms with Crippen LogP contribution in [0, 0.1) is 5.82 Å². The highest BCUT2D eigenvalue weighted by Gasteiger charge is 2.26. The molecule has 3 amide bonds. The summed E-state index contributed by atoms with van der Waals surface area (Å²) in [6.07, 6.45) is 4.54. The highest BCUT2D eigenvalue weighted by molar-refractivity contribution is 5.92. The molecule has 0 spiro atoms. The third kappa shape index (κ3) is 14.2. The van der Waals surface area contributed by atoms with Gasteiger partial charge in [0.2, 0.25) is 17.7 Å². The lowest BCUT2D eigenvalue weighted by Gasteiger charge is -2.23. The zero-order chi connectivity index (χ0) is 27.5. The Labute approximate surface area is 218 Å². The van der Waals surface area contributed by atoms with Gasteiger partial charge in [-0.05, 0) is 76.1 Å². The van der Waals surface area contributed by atoms with Gasteiger partial charge in [-0.25, -0.2) is 4.39 Å². The molecule has 0 aliphatic carbocycles. The van der Waals surface area contributed by atoms with Crippen LogP contribution in [0.2, 0.25) is 0 Å². The Balaban J connectivity index is 2.78. The third-order valence-corrected chi connectivity index (χ3v) is 5.67. The summed E-state index contributed by atoms with van der Waals surface area (Å²) >= 11 is 0. The lowest BCUT2D eigenvalue weighted by atomic mass is 10.0. The maximum Gasteiger partial charge on any atom is 0.243 e. The maximum absolute atomic E-state index is 14.0. The van der Waals surface area contributed by atoms with Gasteiger partial charge in [0.1, 0.15) is 17.9 Å². The van der Waals surface area contributed by atoms with Crippen LogP contribution in [0.15, 0.2) is 29.3 Å². The average Bonchev–Trinajstić information content (AvgIpc) is 2.86. The van der Waals surface area contributed by atoms with Gasteiger partial charge < -0.3 is 38.9 Å². The van der Waals surface area contributed by atoms with Crippen molar-refractivity contribution < 1.29 is 18.8 Å². The van der Waals surface area contributed by atoms with Crippen LogP contribution >= 0.6 is 0 Å². The van der Waals surface area contributed by atoms with E-state index in [0.29, 0.717) is 77.5 Å². The van der Waals surface area contributed by atoms with Crippen molar-refractivity contribution in [2.45, 2.75) is 69.9 Å². The highest BCUT2D eigenvalue weighted by Crippen LogP contribution is 2.09. The molecule has 0 saturated carbocycles. The summed E-state index contributed by atoms with van der Waals surface area (Å²) in [4.78, 5) is 42.5. The molecule has 11 nitrogen and oxygen atoms in total. The summed E-state index contributed by atoms with van der Waals surface area (Å²) in [5.41, 5.74) is 22.0. The average molecular weight is 523 g/mol. The number of aliphatic imine (C=N–C) groups is 1. The molecular weight excluding hydrogens is 479 g/mol. The van der Waals surface area contributed by atoms with E-state index in [1.54, 1.807) is 12.1 Å². The van der Waals surface area contributed by atoms with Crippen LogP contribution < -0.4 is 38.9 Å². The van der Waals surface area contributed by atoms with E-state index in [4.69, 9.17) is 22.9 Å². The molecule has 0 bridgehead atoms. The summed E-state index contributed by atoms with van der Waals surface area (Å²) in [7, 11) is 0. The minimum absolute atomic E-state index is 0.0220. The fourth-order valence-corrected chi connectivity index (χ4v) is 3.64. The van der Waals surface area contributed by atoms with Crippen LogP contribution in [0.3, 0.4) is 0 Å². The van der Waals surface area contributed by atoms with E-state index in [2.05, 4.69) is 20.9 Å². The van der Waals surface area contributed by atoms with E-state index < -0.39 is 29.7 Å². The predicted octanol–water partition coefficient (Wildman–Crippen LogP) is -0.234. The molecule has 0 radical (unpaired) electrons. The largest absolute Gasteiger partial charge is 0.370 e. The number of amides is 3. The van der Waals surface area contributed by atoms with Gasteiger partial charge in [0.25, 0.3) is 0 Å². The molecule has 2 atom stereocenters. The smallest absolute Gasteiger partial charge is 0.243 e. The third-order valence-electron chi connectivity index (χ3n) is 5.67. The Bertz CT molecular complexity index is 864. The Morgan fingerprint density at radius 2 is 1.46 bits per heavy atom. The summed E-state index contributed by atoms with van der Waals surface area (Å²) in [5, 5.41) is 8.31. The molecule has 0 heterocycles. The number of carbonyl (C=O) groups excluding carboxylic acids is 3. The second-order valence-electron chi connectivity index (χ2n) is 8.82. The number of unbranched alkanes of at least 4 members (excludes halogenated alkanes) is 3. The molecule has 1 aromatic carbocycles. The van der Waals surface area contributed by atoms with Crippen molar-refractivity contribution in [2.75, 3.05) is 26.2 Å². The van der Waals surface area contributed by atoms with Gasteiger partial charge in [-0.15, -0.1) is 0 Å². The Morgan fingerprint density at radius 3 is 2.05 bits per heavy atom. The molecule has 0 aromatic heterocycles. The normalized spacial score (nSPS) is 12.3. The van der Waals surface area contributed by atoms with Crippen molar-refractivity contribution >= 4 is 23.7 Å². The molecule has 208 valence electrons. The lowest BCUT2D eigenvalue weighted by Crippen LogP contribution is -2.54. The van der Waals surface area contributed by atoms with Crippen molar-refractivity contribution in [1.82, 2.24) is 16.0 Å². The van der Waals surface area contributed by atoms with Crippen molar-refractivity contribution in [2.24, 2.45) is 27.9 Å². The molecule has 11 N–H and O–H groups in total. The SMILES string of the molecule is NCCCC[C@H](NC(=O)Cc1ccccc1F)C(=O)N[C@@H](CCCCN)C(=O)NCCCCN=C(N)N. The fraction of sp³-hybridized carbons (Fsp3) is 0.600. The first-order chi connectivity index (χ1) is 17.8. The minimum Gasteiger partial charge on any atom is -0.370 e. The number of nitrogens with one attached hydrogen (secondary N) is 3. The number of rotatable bonds is 19. The molecule has 0 fully saturated rings. The molecule has 1 rings (SSSR count). The molecule has 37 heavy (non-hydrogen) atoms. The van der Waals surface area contributed by atoms with Gasteiger partial charge in [0, 0.05) is 13.1 Å². The summed E-state index contributed by atoms with van der Waals surface area (Å²) in [5.74, 6) is -1.74. The molecule has 0 unspecified atom stereocenters. The summed E-state index contributed by atoms with van der Waals surface area (Å²) in [6.45, 7) is 1.79. The number of benzene rings is 1. The molecule has 12 heteroatoms. The first kappa shape index (κ1) is 31.8. The second-order valence-corrected chi connectivity index (χ2v) is 8.82. The first-order valence-corrected chi connectivity index (χ1v) is 12.8. The Kier molecular flexibility index (Phi) is 16.3. The predicted molar refractivity (Wildman–Crippen MR) is 143 cm³/mol. The number of halogens is 1. The van der Waals surface area contributed by atoms with Crippen LogP contribution in [-0.4, -0.2) is 61.9 Å². The zero-order valence-corrected chi connectivity index (χ0v) is 21.5. The van der Waals surface area contributed by atoms with Gasteiger partial charge in [0.05, 0.1) is 6.42 Å². The number of hydrogen-bond donors (Lipinski definition) is 7. The van der Waals surface area contributed by atoms with Crippen LogP contribution in [0.25, 0.3) is 0 Å². The van der Waals surface area contributed by atoms with E-state index in [-0.39, 0.29) is 23.9 Å². The van der Waals surface area contributed by atoms with Gasteiger partial charge in [-0.2, -0.15) is 0 Å². The number of guanidine groups is 1. The van der Waals surface area contributed by atoms with E-state index >= 15 is 0 Å². The fourth-order valence-electron chi connectivity index (χ4n) is 3.64. The van der Waals surface area contributed by atoms with E-state index in [1.807, 2.05) is 0 Å². The first-order valence-electron chi connectivity index (χ1n) is 12.8. The molecular formula is C25H43FN8O3. The van der Waals surface area contributed by atoms with Crippen molar-refractivity contribution in [1.29, 1.82) is 0 Å². The van der Waals surface area contributed by atoms with Crippen LogP contribution in [0.5, 0.6) is 0 Å². The van der Waals surface area contributed by atoms with Gasteiger partial charge >= 0.3 is 0 Å². The van der Waals surface area contributed by atoms with Gasteiger partial charge in [-0.3, -0.25) is 19.4 Å². The number of carbonyl (C=O) groups is 3. The second kappa shape index (κ2) is 18.9. The standard InChI is InChI=1S/C25H43FN8O3/c26-19-10-2-1-9-18(19)17-22(35)33-21(12-4-6-14-28)24(37)34-20(11-3-5-13-27)23(36)31-15-7-8-16-32-25(29)30/h1-2,9-10,20-21H,3-8,11-17,27-28H2,(H,31,36)(H,33,35)(H,34,37)(H4,29,30,32)/t20-,21-/m0/s1. The quantitative estimate of drug-likeness (QED) is 0.0737. The Morgan fingerprint density at radius 1 is 0.838 bits per heavy atom. The van der Waals surface area contributed by atoms with Crippen molar-refractivity contribution in [3.05, 3.63) is 35.6 Å². The molecule has 0 aliphatic heterocycles. The van der Waals surface area contributed by atoms with Crippen LogP contribution in [0.4, 0.5) is 4.39 Å². The molecule has 0 saturated heterocycles. The zero-order valence-electron chi connectivity index (χ0n) is 21.5. The van der Waals surface area contributed by atoms with E-state index in [9.17, 15) is 18.8 Å². The highest BCUT2D eigenvalue weighted by atomic mass is 19.1. The minimum atomic E-state index is -0.879. The number of nitrogens with zero attached hydrogens (tertiary/aromatic N) is 1. The Hall–Kier alpha value is -3.25. The molecule has 0 aliphatic rings. The van der Waals surface area contributed by atoms with Crippen LogP contribution in [-0.2, 0) is 20.8 Å². The van der Waals surface area contributed by atoms with Crippen molar-refractivity contribution in [3.8, 4) is 0 Å². The summed E-state index contributed by atoms with van der Waals surface area (Å²) < 4.78 is 14.0. The van der Waals surface area contributed by atoms with E-state index in [0.717, 1.165) is 0 Å². The van der Waals surface area contributed by atoms with Gasteiger partial charge in [-0.1, -0.05) is 18.2 Å². The molecule has 1 aromatic rings. The van der Waals surface area contributed by atoms with E-state index in [1.165, 1.54) is 12.1 Å². The topological polar surface area (TPSA) is 204 Å². The monoisotopic (exact) mass is 522 g/mol. The van der Waals surface area contributed by atoms with Crippen LogP contribution in [0.1, 0.15) is 56.9 Å². The summed E-state index contributed by atoms with van der Waals surface area (Å²) in [6, 6.07) is 4.32. The maximum atomic E-state index is 14.0. The number of hydrogen-bond acceptors (Lipinski definition) is 6. The van der Waals surface area contributed by atoms with Crippen molar-refractivity contribution in [3.63, 3.8) is 0 Å². The lowest BCUT2D eigenvalue weighted by molar-refractivity contribution is -0.132. The van der Waals surface area contributed by atoms with Gasteiger partial charge in [0.15, 0.2) is 5.96 Å².